The smallest absolute Gasteiger partial charge is 0.254 e. The van der Waals surface area contributed by atoms with Crippen molar-refractivity contribution in [3.63, 3.8) is 0 Å². The predicted molar refractivity (Wildman–Crippen MR) is 85.6 cm³/mol. The largest absolute Gasteiger partial charge is 0.369 e. The van der Waals surface area contributed by atoms with Gasteiger partial charge >= 0.3 is 0 Å². The van der Waals surface area contributed by atoms with Crippen molar-refractivity contribution in [2.45, 2.75) is 12.8 Å². The zero-order valence-electron chi connectivity index (χ0n) is 12.7. The molecule has 2 rings (SSSR count). The molecule has 0 radical (unpaired) electrons. The van der Waals surface area contributed by atoms with E-state index in [4.69, 9.17) is 0 Å². The molecule has 1 unspecified atom stereocenters. The van der Waals surface area contributed by atoms with Crippen molar-refractivity contribution in [1.82, 2.24) is 9.88 Å². The lowest BCUT2D eigenvalue weighted by molar-refractivity contribution is 0.0827. The van der Waals surface area contributed by atoms with Crippen LogP contribution >= 0.6 is 0 Å². The Morgan fingerprint density at radius 3 is 2.48 bits per heavy atom. The van der Waals surface area contributed by atoms with E-state index in [1.54, 1.807) is 31.3 Å². The van der Waals surface area contributed by atoms with Gasteiger partial charge in [-0.25, -0.2) is 4.98 Å². The van der Waals surface area contributed by atoms with Crippen LogP contribution in [0.15, 0.2) is 48.7 Å². The van der Waals surface area contributed by atoms with Gasteiger partial charge in [0.15, 0.2) is 0 Å². The second-order valence-corrected chi connectivity index (χ2v) is 5.32. The van der Waals surface area contributed by atoms with E-state index in [9.17, 15) is 4.79 Å². The molecule has 0 spiro atoms. The number of pyridine rings is 1. The van der Waals surface area contributed by atoms with Gasteiger partial charge in [-0.3, -0.25) is 4.79 Å². The molecule has 110 valence electrons. The van der Waals surface area contributed by atoms with E-state index >= 15 is 0 Å². The van der Waals surface area contributed by atoms with Crippen molar-refractivity contribution in [3.05, 3.63) is 59.8 Å². The third kappa shape index (κ3) is 4.05. The lowest BCUT2D eigenvalue weighted by Crippen LogP contribution is -2.21. The molecule has 0 saturated heterocycles. The predicted octanol–water partition coefficient (Wildman–Crippen LogP) is 3.00. The summed E-state index contributed by atoms with van der Waals surface area (Å²) in [4.78, 5) is 17.6. The summed E-state index contributed by atoms with van der Waals surface area (Å²) in [6.45, 7) is 2.98. The number of carbonyl (C=O) groups excluding carboxylic acids is 1. The molecule has 4 heteroatoms. The van der Waals surface area contributed by atoms with E-state index in [1.165, 1.54) is 5.56 Å². The first kappa shape index (κ1) is 15.0. The van der Waals surface area contributed by atoms with E-state index < -0.39 is 0 Å². The van der Waals surface area contributed by atoms with Gasteiger partial charge < -0.3 is 10.2 Å². The Balaban J connectivity index is 1.94. The molecular weight excluding hydrogens is 262 g/mol. The van der Waals surface area contributed by atoms with Crippen LogP contribution in [0, 0.1) is 0 Å². The summed E-state index contributed by atoms with van der Waals surface area (Å²) >= 11 is 0. The summed E-state index contributed by atoms with van der Waals surface area (Å²) in [5.41, 5.74) is 1.89. The molecule has 1 aromatic carbocycles. The monoisotopic (exact) mass is 283 g/mol. The van der Waals surface area contributed by atoms with E-state index in [0.29, 0.717) is 11.5 Å². The van der Waals surface area contributed by atoms with E-state index in [0.717, 1.165) is 12.4 Å². The fraction of sp³-hybridized carbons (Fsp3) is 0.294. The lowest BCUT2D eigenvalue weighted by Gasteiger charge is -2.14. The first-order valence-electron chi connectivity index (χ1n) is 7.04. The minimum atomic E-state index is -0.0355. The minimum absolute atomic E-state index is 0.0355. The van der Waals surface area contributed by atoms with Gasteiger partial charge in [0, 0.05) is 26.8 Å². The van der Waals surface area contributed by atoms with Crippen LogP contribution in [0.3, 0.4) is 0 Å². The first-order valence-corrected chi connectivity index (χ1v) is 7.04. The molecule has 1 aromatic heterocycles. The van der Waals surface area contributed by atoms with Crippen LogP contribution in [0.4, 0.5) is 5.82 Å². The number of benzene rings is 1. The highest BCUT2D eigenvalue weighted by molar-refractivity contribution is 5.93. The molecule has 1 amide bonds. The Morgan fingerprint density at radius 1 is 1.19 bits per heavy atom. The lowest BCUT2D eigenvalue weighted by atomic mass is 10.0. The number of hydrogen-bond donors (Lipinski definition) is 1. The number of carbonyl (C=O) groups is 1. The van der Waals surface area contributed by atoms with Gasteiger partial charge in [-0.15, -0.1) is 0 Å². The molecule has 0 saturated carbocycles. The minimum Gasteiger partial charge on any atom is -0.369 e. The topological polar surface area (TPSA) is 45.2 Å². The number of hydrogen-bond acceptors (Lipinski definition) is 3. The van der Waals surface area contributed by atoms with Crippen molar-refractivity contribution in [2.24, 2.45) is 0 Å². The maximum Gasteiger partial charge on any atom is 0.254 e. The molecule has 1 heterocycles. The Kier molecular flexibility index (Phi) is 4.93. The van der Waals surface area contributed by atoms with Crippen LogP contribution in [0.1, 0.15) is 28.8 Å². The molecule has 1 N–H and O–H groups in total. The highest BCUT2D eigenvalue weighted by atomic mass is 16.2. The fourth-order valence-electron chi connectivity index (χ4n) is 2.04. The summed E-state index contributed by atoms with van der Waals surface area (Å²) in [5, 5.41) is 3.30. The highest BCUT2D eigenvalue weighted by Crippen LogP contribution is 2.15. The molecule has 2 aromatic rings. The molecule has 4 nitrogen and oxygen atoms in total. The standard InChI is InChI=1S/C17H21N3O/c1-13(14-7-5-4-6-8-14)11-18-16-10-9-15(12-19-16)17(21)20(2)3/h4-10,12-13H,11H2,1-3H3,(H,18,19). The third-order valence-corrected chi connectivity index (χ3v) is 3.37. The van der Waals surface area contributed by atoms with Crippen molar-refractivity contribution >= 4 is 11.7 Å². The third-order valence-electron chi connectivity index (χ3n) is 3.37. The Bertz CT molecular complexity index is 579. The van der Waals surface area contributed by atoms with Crippen LogP contribution in [-0.4, -0.2) is 36.4 Å². The number of nitrogens with one attached hydrogen (secondary N) is 1. The Labute approximate surface area is 125 Å². The van der Waals surface area contributed by atoms with Crippen molar-refractivity contribution in [1.29, 1.82) is 0 Å². The van der Waals surface area contributed by atoms with Crippen LogP contribution in [0.2, 0.25) is 0 Å². The van der Waals surface area contributed by atoms with Gasteiger partial charge in [-0.1, -0.05) is 37.3 Å². The zero-order chi connectivity index (χ0) is 15.2. The molecule has 21 heavy (non-hydrogen) atoms. The van der Waals surface area contributed by atoms with Crippen molar-refractivity contribution < 1.29 is 4.79 Å². The number of anilines is 1. The molecule has 0 aliphatic heterocycles. The van der Waals surface area contributed by atoms with Gasteiger partial charge in [0.25, 0.3) is 5.91 Å². The molecule has 0 bridgehead atoms. The van der Waals surface area contributed by atoms with Crippen LogP contribution in [0.25, 0.3) is 0 Å². The average molecular weight is 283 g/mol. The first-order chi connectivity index (χ1) is 10.1. The summed E-state index contributed by atoms with van der Waals surface area (Å²) in [6.07, 6.45) is 1.61. The van der Waals surface area contributed by atoms with Gasteiger partial charge in [0.1, 0.15) is 5.82 Å². The summed E-state index contributed by atoms with van der Waals surface area (Å²) in [5.74, 6) is 1.15. The van der Waals surface area contributed by atoms with Crippen LogP contribution in [0.5, 0.6) is 0 Å². The number of rotatable bonds is 5. The average Bonchev–Trinajstić information content (AvgIpc) is 2.53. The van der Waals surface area contributed by atoms with Gasteiger partial charge in [0.05, 0.1) is 5.56 Å². The molecule has 0 aliphatic rings. The van der Waals surface area contributed by atoms with Crippen molar-refractivity contribution in [2.75, 3.05) is 26.0 Å². The van der Waals surface area contributed by atoms with E-state index in [-0.39, 0.29) is 5.91 Å². The Hall–Kier alpha value is -2.36. The quantitative estimate of drug-likeness (QED) is 0.917. The van der Waals surface area contributed by atoms with Crippen molar-refractivity contribution in [3.8, 4) is 0 Å². The Morgan fingerprint density at radius 2 is 1.90 bits per heavy atom. The maximum atomic E-state index is 11.8. The highest BCUT2D eigenvalue weighted by Gasteiger charge is 2.09. The SMILES string of the molecule is CC(CNc1ccc(C(=O)N(C)C)cn1)c1ccccc1. The van der Waals surface area contributed by atoms with Gasteiger partial charge in [-0.2, -0.15) is 0 Å². The molecule has 0 aliphatic carbocycles. The van der Waals surface area contributed by atoms with Gasteiger partial charge in [0.2, 0.25) is 0 Å². The summed E-state index contributed by atoms with van der Waals surface area (Å²) < 4.78 is 0. The summed E-state index contributed by atoms with van der Waals surface area (Å²) in [7, 11) is 3.46. The van der Waals surface area contributed by atoms with E-state index in [1.807, 2.05) is 24.3 Å². The molecule has 0 fully saturated rings. The number of amides is 1. The van der Waals surface area contributed by atoms with Crippen LogP contribution < -0.4 is 5.32 Å². The second kappa shape index (κ2) is 6.88. The molecule has 1 atom stereocenters. The summed E-state index contributed by atoms with van der Waals surface area (Å²) in [6, 6.07) is 14.0. The molecular formula is C17H21N3O. The number of nitrogens with zero attached hydrogens (tertiary/aromatic N) is 2. The fourth-order valence-corrected chi connectivity index (χ4v) is 2.04. The normalized spacial score (nSPS) is 11.8. The number of aromatic nitrogens is 1. The second-order valence-electron chi connectivity index (χ2n) is 5.32. The van der Waals surface area contributed by atoms with E-state index in [2.05, 4.69) is 29.4 Å². The van der Waals surface area contributed by atoms with Gasteiger partial charge in [-0.05, 0) is 23.6 Å². The maximum absolute atomic E-state index is 11.8. The zero-order valence-corrected chi connectivity index (χ0v) is 12.7. The van der Waals surface area contributed by atoms with Crippen LogP contribution in [-0.2, 0) is 0 Å².